The summed E-state index contributed by atoms with van der Waals surface area (Å²) in [6.07, 6.45) is 0.904. The molecule has 1 amide bonds. The molecule has 2 aromatic carbocycles. The minimum atomic E-state index is -1.01. The lowest BCUT2D eigenvalue weighted by molar-refractivity contribution is -0.138. The average Bonchev–Trinajstić information content (AvgIpc) is 2.61. The summed E-state index contributed by atoms with van der Waals surface area (Å²) in [7, 11) is 0. The number of nitrogens with two attached hydrogens (primary N) is 1. The minimum absolute atomic E-state index is 0. The van der Waals surface area contributed by atoms with Crippen LogP contribution in [0.1, 0.15) is 33.9 Å². The second-order valence-electron chi connectivity index (χ2n) is 6.38. The molecule has 5 N–H and O–H groups in total. The van der Waals surface area contributed by atoms with Crippen LogP contribution in [0.5, 0.6) is 0 Å². The molecule has 0 aliphatic carbocycles. The molecule has 150 valence electrons. The van der Waals surface area contributed by atoms with E-state index in [-0.39, 0.29) is 24.7 Å². The molecule has 1 aliphatic rings. The van der Waals surface area contributed by atoms with E-state index in [0.29, 0.717) is 33.4 Å². The van der Waals surface area contributed by atoms with Gasteiger partial charge in [-0.05, 0) is 42.8 Å². The van der Waals surface area contributed by atoms with Gasteiger partial charge in [0.1, 0.15) is 6.04 Å². The fourth-order valence-corrected chi connectivity index (χ4v) is 3.81. The second-order valence-corrected chi connectivity index (χ2v) is 7.22. The van der Waals surface area contributed by atoms with Gasteiger partial charge in [-0.1, -0.05) is 35.3 Å². The molecule has 0 saturated carbocycles. The van der Waals surface area contributed by atoms with E-state index in [2.05, 4.69) is 10.6 Å². The van der Waals surface area contributed by atoms with Gasteiger partial charge in [0, 0.05) is 33.3 Å². The van der Waals surface area contributed by atoms with Crippen molar-refractivity contribution in [3.05, 3.63) is 63.1 Å². The van der Waals surface area contributed by atoms with Crippen LogP contribution in [-0.4, -0.2) is 29.6 Å². The summed E-state index contributed by atoms with van der Waals surface area (Å²) in [6, 6.07) is 8.92. The minimum Gasteiger partial charge on any atom is -0.480 e. The molecule has 0 bridgehead atoms. The number of carbonyl (C=O) groups excluding carboxylic acids is 1. The third-order valence-electron chi connectivity index (χ3n) is 4.50. The van der Waals surface area contributed by atoms with Crippen LogP contribution in [-0.2, 0) is 11.2 Å². The maximum atomic E-state index is 12.7. The summed E-state index contributed by atoms with van der Waals surface area (Å²) in [4.78, 5) is 24.2. The Morgan fingerprint density at radius 3 is 2.50 bits per heavy atom. The molecule has 2 atom stereocenters. The average molecular weight is 445 g/mol. The third kappa shape index (κ3) is 4.89. The van der Waals surface area contributed by atoms with E-state index < -0.39 is 18.1 Å². The summed E-state index contributed by atoms with van der Waals surface area (Å²) in [5.41, 5.74) is 8.20. The Labute approximate surface area is 178 Å². The summed E-state index contributed by atoms with van der Waals surface area (Å²) < 4.78 is 0. The van der Waals surface area contributed by atoms with Gasteiger partial charge in [0.2, 0.25) is 0 Å². The van der Waals surface area contributed by atoms with E-state index in [4.69, 9.17) is 28.9 Å². The Morgan fingerprint density at radius 1 is 1.21 bits per heavy atom. The fraction of sp³-hybridized carbons (Fsp3) is 0.263. The molecule has 2 unspecified atom stereocenters. The summed E-state index contributed by atoms with van der Waals surface area (Å²) in [5.74, 6) is -1.32. The van der Waals surface area contributed by atoms with Crippen LogP contribution < -0.4 is 16.4 Å². The number of amides is 1. The first-order chi connectivity index (χ1) is 12.9. The molecule has 3 rings (SSSR count). The Balaban J connectivity index is 0.00000280. The van der Waals surface area contributed by atoms with Crippen LogP contribution >= 0.6 is 35.6 Å². The highest BCUT2D eigenvalue weighted by molar-refractivity contribution is 6.35. The number of anilines is 1. The van der Waals surface area contributed by atoms with Crippen molar-refractivity contribution in [1.82, 2.24) is 5.32 Å². The van der Waals surface area contributed by atoms with Gasteiger partial charge in [-0.2, -0.15) is 0 Å². The Bertz CT molecular complexity index is 875. The molecular formula is C19H20Cl3N3O3. The number of carboxylic acids is 1. The van der Waals surface area contributed by atoms with Gasteiger partial charge in [-0.15, -0.1) is 12.4 Å². The molecule has 0 spiro atoms. The Morgan fingerprint density at radius 2 is 1.89 bits per heavy atom. The number of halogens is 3. The SMILES string of the molecule is Cl.NCCc1ccc(C(=O)NC2CC(C(=O)O)Nc3cc(Cl)cc(Cl)c32)cc1. The Kier molecular flexibility index (Phi) is 7.55. The first-order valence-corrected chi connectivity index (χ1v) is 9.22. The molecule has 1 heterocycles. The summed E-state index contributed by atoms with van der Waals surface area (Å²) in [5, 5.41) is 16.0. The molecule has 9 heteroatoms. The number of rotatable bonds is 5. The topological polar surface area (TPSA) is 104 Å². The lowest BCUT2D eigenvalue weighted by Crippen LogP contribution is -2.41. The maximum Gasteiger partial charge on any atom is 0.326 e. The van der Waals surface area contributed by atoms with Gasteiger partial charge in [-0.25, -0.2) is 4.79 Å². The van der Waals surface area contributed by atoms with Crippen LogP contribution in [0, 0.1) is 0 Å². The van der Waals surface area contributed by atoms with Gasteiger partial charge in [0.05, 0.1) is 6.04 Å². The van der Waals surface area contributed by atoms with Crippen molar-refractivity contribution in [3.63, 3.8) is 0 Å². The highest BCUT2D eigenvalue weighted by atomic mass is 35.5. The van der Waals surface area contributed by atoms with E-state index in [1.807, 2.05) is 12.1 Å². The van der Waals surface area contributed by atoms with Crippen molar-refractivity contribution in [2.45, 2.75) is 24.9 Å². The maximum absolute atomic E-state index is 12.7. The van der Waals surface area contributed by atoms with E-state index in [1.165, 1.54) is 0 Å². The number of aliphatic carboxylic acids is 1. The molecule has 0 aromatic heterocycles. The van der Waals surface area contributed by atoms with Gasteiger partial charge in [0.25, 0.3) is 5.91 Å². The van der Waals surface area contributed by atoms with E-state index in [9.17, 15) is 14.7 Å². The number of fused-ring (bicyclic) bond motifs is 1. The van der Waals surface area contributed by atoms with Crippen LogP contribution in [0.4, 0.5) is 5.69 Å². The standard InChI is InChI=1S/C19H19Cl2N3O3.ClH/c20-12-7-13(21)17-14(8-12)23-16(19(26)27)9-15(17)24-18(25)11-3-1-10(2-4-11)5-6-22;/h1-4,7-8,15-16,23H,5-6,9,22H2,(H,24,25)(H,26,27);1H. The number of benzene rings is 2. The molecule has 1 aliphatic heterocycles. The Hall–Kier alpha value is -1.99. The van der Waals surface area contributed by atoms with Crippen molar-refractivity contribution in [1.29, 1.82) is 0 Å². The van der Waals surface area contributed by atoms with Crippen molar-refractivity contribution in [3.8, 4) is 0 Å². The molecule has 28 heavy (non-hydrogen) atoms. The van der Waals surface area contributed by atoms with Crippen LogP contribution in [0.25, 0.3) is 0 Å². The van der Waals surface area contributed by atoms with E-state index in [0.717, 1.165) is 12.0 Å². The zero-order valence-electron chi connectivity index (χ0n) is 14.7. The normalized spacial score (nSPS) is 17.7. The predicted molar refractivity (Wildman–Crippen MR) is 113 cm³/mol. The highest BCUT2D eigenvalue weighted by Gasteiger charge is 2.33. The predicted octanol–water partition coefficient (Wildman–Crippen LogP) is 3.66. The van der Waals surface area contributed by atoms with Gasteiger partial charge < -0.3 is 21.5 Å². The quantitative estimate of drug-likeness (QED) is 0.563. The summed E-state index contributed by atoms with van der Waals surface area (Å²) >= 11 is 12.4. The van der Waals surface area contributed by atoms with E-state index >= 15 is 0 Å². The molecule has 0 saturated heterocycles. The first-order valence-electron chi connectivity index (χ1n) is 8.47. The van der Waals surface area contributed by atoms with E-state index in [1.54, 1.807) is 24.3 Å². The van der Waals surface area contributed by atoms with Crippen molar-refractivity contribution >= 4 is 53.2 Å². The molecule has 0 fully saturated rings. The molecule has 6 nitrogen and oxygen atoms in total. The first kappa shape index (κ1) is 22.3. The van der Waals surface area contributed by atoms with Crippen LogP contribution in [0.3, 0.4) is 0 Å². The molecular weight excluding hydrogens is 425 g/mol. The zero-order valence-corrected chi connectivity index (χ0v) is 17.1. The van der Waals surface area contributed by atoms with Gasteiger partial charge >= 0.3 is 5.97 Å². The van der Waals surface area contributed by atoms with Crippen molar-refractivity contribution in [2.24, 2.45) is 5.73 Å². The van der Waals surface area contributed by atoms with Crippen molar-refractivity contribution in [2.75, 3.05) is 11.9 Å². The second kappa shape index (κ2) is 9.47. The fourth-order valence-electron chi connectivity index (χ4n) is 3.18. The lowest BCUT2D eigenvalue weighted by atomic mass is 9.92. The largest absolute Gasteiger partial charge is 0.480 e. The number of hydrogen-bond donors (Lipinski definition) is 4. The van der Waals surface area contributed by atoms with Gasteiger partial charge in [-0.3, -0.25) is 4.79 Å². The number of carboxylic acid groups (broad SMARTS) is 1. The van der Waals surface area contributed by atoms with Crippen LogP contribution in [0.2, 0.25) is 10.0 Å². The van der Waals surface area contributed by atoms with Crippen LogP contribution in [0.15, 0.2) is 36.4 Å². The number of carbonyl (C=O) groups is 2. The highest BCUT2D eigenvalue weighted by Crippen LogP contribution is 2.40. The monoisotopic (exact) mass is 443 g/mol. The number of hydrogen-bond acceptors (Lipinski definition) is 4. The van der Waals surface area contributed by atoms with Crippen molar-refractivity contribution < 1.29 is 14.7 Å². The zero-order chi connectivity index (χ0) is 19.6. The van der Waals surface area contributed by atoms with Gasteiger partial charge in [0.15, 0.2) is 0 Å². The smallest absolute Gasteiger partial charge is 0.326 e. The number of nitrogens with one attached hydrogen (secondary N) is 2. The third-order valence-corrected chi connectivity index (χ3v) is 5.03. The summed E-state index contributed by atoms with van der Waals surface area (Å²) in [6.45, 7) is 0.537. The molecule has 2 aromatic rings. The lowest BCUT2D eigenvalue weighted by Gasteiger charge is -2.32. The molecule has 0 radical (unpaired) electrons.